The maximum atomic E-state index is 10.1. The maximum absolute atomic E-state index is 10.1. The van der Waals surface area contributed by atoms with Crippen molar-refractivity contribution in [3.63, 3.8) is 0 Å². The molecule has 0 spiro atoms. The molecule has 0 amide bonds. The number of rotatable bonds is 11. The van der Waals surface area contributed by atoms with Crippen LogP contribution in [0, 0.1) is 3.57 Å². The fourth-order valence-electron chi connectivity index (χ4n) is 2.50. The molecule has 2 aromatic rings. The Morgan fingerprint density at radius 2 is 1.74 bits per heavy atom. The van der Waals surface area contributed by atoms with Crippen LogP contribution in [-0.2, 0) is 6.42 Å². The molecule has 0 heterocycles. The number of nitrogens with one attached hydrogen (secondary N) is 1. The minimum atomic E-state index is -0.600. The normalized spacial score (nSPS) is 11.7. The molecule has 0 fully saturated rings. The number of halogens is 1. The molecule has 0 saturated heterocycles. The van der Waals surface area contributed by atoms with Crippen LogP contribution in [0.2, 0.25) is 0 Å². The third kappa shape index (κ3) is 6.75. The second-order valence-corrected chi connectivity index (χ2v) is 7.07. The summed E-state index contributed by atoms with van der Waals surface area (Å²) in [5.41, 5.74) is 1.14. The molecule has 1 atom stereocenters. The first kappa shape index (κ1) is 21.6. The van der Waals surface area contributed by atoms with Gasteiger partial charge in [0, 0.05) is 12.6 Å². The van der Waals surface area contributed by atoms with Crippen LogP contribution in [0.15, 0.2) is 36.4 Å². The summed E-state index contributed by atoms with van der Waals surface area (Å²) >= 11 is 2.20. The highest BCUT2D eigenvalue weighted by molar-refractivity contribution is 14.1. The molecule has 2 rings (SSSR count). The van der Waals surface area contributed by atoms with Crippen LogP contribution >= 0.6 is 22.6 Å². The zero-order valence-electron chi connectivity index (χ0n) is 15.8. The molecular weight excluding hydrogens is 461 g/mol. The summed E-state index contributed by atoms with van der Waals surface area (Å²) in [6.45, 7) is 1.41. The van der Waals surface area contributed by atoms with Crippen molar-refractivity contribution in [2.45, 2.75) is 12.5 Å². The third-order valence-corrected chi connectivity index (χ3v) is 4.88. The van der Waals surface area contributed by atoms with Crippen molar-refractivity contribution in [1.82, 2.24) is 5.32 Å². The molecule has 0 bridgehead atoms. The Labute approximate surface area is 173 Å². The van der Waals surface area contributed by atoms with Crippen LogP contribution in [0.4, 0.5) is 0 Å². The summed E-state index contributed by atoms with van der Waals surface area (Å²) in [7, 11) is 4.86. The van der Waals surface area contributed by atoms with E-state index in [1.807, 2.05) is 36.4 Å². The summed E-state index contributed by atoms with van der Waals surface area (Å²) in [6.07, 6.45) is 0.222. The van der Waals surface area contributed by atoms with Gasteiger partial charge in [-0.15, -0.1) is 0 Å². The highest BCUT2D eigenvalue weighted by Crippen LogP contribution is 2.28. The molecule has 0 radical (unpaired) electrons. The first-order valence-electron chi connectivity index (χ1n) is 8.63. The fourth-order valence-corrected chi connectivity index (χ4v) is 2.99. The molecule has 7 heteroatoms. The minimum Gasteiger partial charge on any atom is -0.497 e. The van der Waals surface area contributed by atoms with E-state index < -0.39 is 6.10 Å². The van der Waals surface area contributed by atoms with Crippen molar-refractivity contribution in [1.29, 1.82) is 0 Å². The van der Waals surface area contributed by atoms with Crippen molar-refractivity contribution in [2.24, 2.45) is 0 Å². The molecule has 27 heavy (non-hydrogen) atoms. The Morgan fingerprint density at radius 1 is 0.963 bits per heavy atom. The largest absolute Gasteiger partial charge is 0.497 e. The van der Waals surface area contributed by atoms with E-state index >= 15 is 0 Å². The van der Waals surface area contributed by atoms with Gasteiger partial charge in [0.1, 0.15) is 24.2 Å². The Hall–Kier alpha value is -1.71. The lowest BCUT2D eigenvalue weighted by Gasteiger charge is -2.15. The highest BCUT2D eigenvalue weighted by atomic mass is 127. The molecular formula is C20H26INO5. The molecule has 0 aliphatic carbocycles. The van der Waals surface area contributed by atoms with E-state index in [0.29, 0.717) is 18.0 Å². The molecule has 2 aromatic carbocycles. The first-order valence-corrected chi connectivity index (χ1v) is 9.71. The predicted molar refractivity (Wildman–Crippen MR) is 113 cm³/mol. The molecule has 1 unspecified atom stereocenters. The van der Waals surface area contributed by atoms with Gasteiger partial charge < -0.3 is 29.4 Å². The zero-order valence-corrected chi connectivity index (χ0v) is 18.0. The monoisotopic (exact) mass is 487 g/mol. The van der Waals surface area contributed by atoms with Gasteiger partial charge in [0.25, 0.3) is 0 Å². The predicted octanol–water partition coefficient (Wildman–Crippen LogP) is 2.89. The van der Waals surface area contributed by atoms with Crippen LogP contribution < -0.4 is 24.3 Å². The molecule has 0 aromatic heterocycles. The second kappa shape index (κ2) is 11.2. The number of hydrogen-bond donors (Lipinski definition) is 2. The standard InChI is InChI=1S/C20H26INO5/c1-24-16-5-6-17(21)19(11-16)27-13-15(23)12-22-9-8-14-4-7-18(25-2)20(10-14)26-3/h4-7,10-11,15,22-23H,8-9,12-13H2,1-3H3. The van der Waals surface area contributed by atoms with E-state index in [4.69, 9.17) is 18.9 Å². The van der Waals surface area contributed by atoms with Gasteiger partial charge in [-0.2, -0.15) is 0 Å². The molecule has 148 valence electrons. The quantitative estimate of drug-likeness (QED) is 0.376. The van der Waals surface area contributed by atoms with Crippen LogP contribution in [0.25, 0.3) is 0 Å². The number of hydrogen-bond acceptors (Lipinski definition) is 6. The van der Waals surface area contributed by atoms with Crippen molar-refractivity contribution < 1.29 is 24.1 Å². The zero-order chi connectivity index (χ0) is 19.6. The van der Waals surface area contributed by atoms with E-state index in [-0.39, 0.29) is 6.61 Å². The Morgan fingerprint density at radius 3 is 2.44 bits per heavy atom. The van der Waals surface area contributed by atoms with E-state index in [9.17, 15) is 5.11 Å². The summed E-state index contributed by atoms with van der Waals surface area (Å²) in [5, 5.41) is 13.4. The Balaban J connectivity index is 1.73. The van der Waals surface area contributed by atoms with E-state index in [2.05, 4.69) is 27.9 Å². The van der Waals surface area contributed by atoms with Gasteiger partial charge in [-0.25, -0.2) is 0 Å². The average molecular weight is 487 g/mol. The lowest BCUT2D eigenvalue weighted by Crippen LogP contribution is -2.32. The van der Waals surface area contributed by atoms with Gasteiger partial charge in [-0.3, -0.25) is 0 Å². The molecule has 0 aliphatic rings. The van der Waals surface area contributed by atoms with Crippen LogP contribution in [0.5, 0.6) is 23.0 Å². The highest BCUT2D eigenvalue weighted by Gasteiger charge is 2.09. The first-order chi connectivity index (χ1) is 13.1. The SMILES string of the molecule is COc1ccc(I)c(OCC(O)CNCCc2ccc(OC)c(OC)c2)c1. The van der Waals surface area contributed by atoms with Gasteiger partial charge in [-0.05, 0) is 65.4 Å². The van der Waals surface area contributed by atoms with Gasteiger partial charge >= 0.3 is 0 Å². The summed E-state index contributed by atoms with van der Waals surface area (Å²) in [6, 6.07) is 11.5. The smallest absolute Gasteiger partial charge is 0.160 e. The topological polar surface area (TPSA) is 69.2 Å². The summed E-state index contributed by atoms with van der Waals surface area (Å²) in [4.78, 5) is 0. The Kier molecular flexibility index (Phi) is 8.96. The van der Waals surface area contributed by atoms with E-state index in [0.717, 1.165) is 33.6 Å². The number of aliphatic hydroxyl groups excluding tert-OH is 1. The van der Waals surface area contributed by atoms with Gasteiger partial charge in [-0.1, -0.05) is 6.07 Å². The number of benzene rings is 2. The lowest BCUT2D eigenvalue weighted by molar-refractivity contribution is 0.106. The minimum absolute atomic E-state index is 0.215. The van der Waals surface area contributed by atoms with Gasteiger partial charge in [0.15, 0.2) is 11.5 Å². The van der Waals surface area contributed by atoms with Crippen LogP contribution in [0.1, 0.15) is 5.56 Å². The van der Waals surface area contributed by atoms with Crippen LogP contribution in [-0.4, -0.2) is 52.2 Å². The molecule has 0 saturated carbocycles. The van der Waals surface area contributed by atoms with Crippen LogP contribution in [0.3, 0.4) is 0 Å². The van der Waals surface area contributed by atoms with Crippen molar-refractivity contribution in [2.75, 3.05) is 41.0 Å². The lowest BCUT2D eigenvalue weighted by atomic mass is 10.1. The Bertz CT molecular complexity index is 726. The fraction of sp³-hybridized carbons (Fsp3) is 0.400. The van der Waals surface area contributed by atoms with Crippen molar-refractivity contribution >= 4 is 22.6 Å². The summed E-state index contributed by atoms with van der Waals surface area (Å²) in [5.74, 6) is 2.87. The molecule has 6 nitrogen and oxygen atoms in total. The summed E-state index contributed by atoms with van der Waals surface area (Å²) < 4.78 is 22.4. The van der Waals surface area contributed by atoms with Crippen molar-refractivity contribution in [3.8, 4) is 23.0 Å². The number of aliphatic hydroxyl groups is 1. The number of ether oxygens (including phenoxy) is 4. The molecule has 0 aliphatic heterocycles. The third-order valence-electron chi connectivity index (χ3n) is 3.99. The van der Waals surface area contributed by atoms with Crippen molar-refractivity contribution in [3.05, 3.63) is 45.5 Å². The number of methoxy groups -OCH3 is 3. The van der Waals surface area contributed by atoms with Gasteiger partial charge in [0.2, 0.25) is 0 Å². The molecule has 2 N–H and O–H groups in total. The average Bonchev–Trinajstić information content (AvgIpc) is 2.70. The maximum Gasteiger partial charge on any atom is 0.160 e. The second-order valence-electron chi connectivity index (χ2n) is 5.90. The van der Waals surface area contributed by atoms with E-state index in [1.54, 1.807) is 21.3 Å². The van der Waals surface area contributed by atoms with E-state index in [1.165, 1.54) is 0 Å². The van der Waals surface area contributed by atoms with Gasteiger partial charge in [0.05, 0.1) is 24.9 Å².